The summed E-state index contributed by atoms with van der Waals surface area (Å²) in [6.07, 6.45) is 0. The van der Waals surface area contributed by atoms with Gasteiger partial charge in [-0.25, -0.2) is 9.97 Å². The summed E-state index contributed by atoms with van der Waals surface area (Å²) < 4.78 is 0. The van der Waals surface area contributed by atoms with E-state index in [0.29, 0.717) is 16.0 Å². The number of H-pyrrole nitrogens is 1. The number of thiazole rings is 1. The van der Waals surface area contributed by atoms with Gasteiger partial charge in [0.1, 0.15) is 0 Å². The monoisotopic (exact) mass is 416 g/mol. The fourth-order valence-corrected chi connectivity index (χ4v) is 5.17. The van der Waals surface area contributed by atoms with Gasteiger partial charge in [-0.2, -0.15) is 11.8 Å². The first-order chi connectivity index (χ1) is 13.1. The minimum absolute atomic E-state index is 0.104. The zero-order valence-electron chi connectivity index (χ0n) is 14.4. The van der Waals surface area contributed by atoms with Gasteiger partial charge in [-0.05, 0) is 6.92 Å². The standard InChI is InChI=1S/C18H16N4O2S3/c1-10(27-18-20-14-8-25-7-12(14)16(24)22-18)15(23)21-17-19-13(9-26-17)11-5-3-2-4-6-11/h2-6,9-10H,7-8H2,1H3,(H,19,21,23)(H,20,22,24). The van der Waals surface area contributed by atoms with E-state index in [1.165, 1.54) is 23.1 Å². The zero-order chi connectivity index (χ0) is 18.8. The molecule has 138 valence electrons. The van der Waals surface area contributed by atoms with Crippen molar-refractivity contribution in [1.29, 1.82) is 0 Å². The average Bonchev–Trinajstić information content (AvgIpc) is 3.32. The van der Waals surface area contributed by atoms with Crippen molar-refractivity contribution >= 4 is 45.9 Å². The van der Waals surface area contributed by atoms with Crippen LogP contribution in [0.3, 0.4) is 0 Å². The normalized spacial score (nSPS) is 14.0. The molecule has 0 fully saturated rings. The number of rotatable bonds is 5. The summed E-state index contributed by atoms with van der Waals surface area (Å²) in [5.74, 6) is 1.27. The van der Waals surface area contributed by atoms with Crippen molar-refractivity contribution in [2.45, 2.75) is 28.8 Å². The Bertz CT molecular complexity index is 1030. The van der Waals surface area contributed by atoms with E-state index in [-0.39, 0.29) is 11.5 Å². The van der Waals surface area contributed by atoms with E-state index in [4.69, 9.17) is 0 Å². The minimum atomic E-state index is -0.413. The van der Waals surface area contributed by atoms with Crippen LogP contribution >= 0.6 is 34.9 Å². The van der Waals surface area contributed by atoms with E-state index in [2.05, 4.69) is 20.3 Å². The quantitative estimate of drug-likeness (QED) is 0.486. The lowest BCUT2D eigenvalue weighted by Crippen LogP contribution is -2.23. The maximum absolute atomic E-state index is 12.5. The molecule has 3 heterocycles. The highest BCUT2D eigenvalue weighted by Gasteiger charge is 2.21. The summed E-state index contributed by atoms with van der Waals surface area (Å²) >= 11 is 4.31. The Morgan fingerprint density at radius 2 is 2.07 bits per heavy atom. The Morgan fingerprint density at radius 3 is 2.89 bits per heavy atom. The maximum atomic E-state index is 12.5. The van der Waals surface area contributed by atoms with Crippen LogP contribution in [0.4, 0.5) is 5.13 Å². The number of hydrogen-bond donors (Lipinski definition) is 2. The van der Waals surface area contributed by atoms with Crippen LogP contribution in [0.25, 0.3) is 11.3 Å². The molecular weight excluding hydrogens is 400 g/mol. The lowest BCUT2D eigenvalue weighted by molar-refractivity contribution is -0.115. The van der Waals surface area contributed by atoms with Gasteiger partial charge in [0.25, 0.3) is 5.56 Å². The molecule has 6 nitrogen and oxygen atoms in total. The number of thioether (sulfide) groups is 2. The van der Waals surface area contributed by atoms with Gasteiger partial charge < -0.3 is 10.3 Å². The number of aromatic amines is 1. The van der Waals surface area contributed by atoms with Gasteiger partial charge in [0.15, 0.2) is 10.3 Å². The molecule has 1 amide bonds. The van der Waals surface area contributed by atoms with E-state index in [1.807, 2.05) is 35.7 Å². The number of anilines is 1. The first-order valence-corrected chi connectivity index (χ1v) is 11.2. The SMILES string of the molecule is CC(Sc1nc2c(c(=O)[nH]1)CSC2)C(=O)Nc1nc(-c2ccccc2)cs1. The van der Waals surface area contributed by atoms with Gasteiger partial charge in [-0.1, -0.05) is 42.1 Å². The third kappa shape index (κ3) is 4.10. The number of nitrogens with one attached hydrogen (secondary N) is 2. The molecule has 0 spiro atoms. The number of carbonyl (C=O) groups is 1. The molecular formula is C18H16N4O2S3. The van der Waals surface area contributed by atoms with Crippen LogP contribution in [-0.2, 0) is 16.3 Å². The summed E-state index contributed by atoms with van der Waals surface area (Å²) in [5.41, 5.74) is 3.31. The predicted octanol–water partition coefficient (Wildman–Crippen LogP) is 3.76. The number of hydrogen-bond acceptors (Lipinski definition) is 7. The van der Waals surface area contributed by atoms with Gasteiger partial charge in [-0.15, -0.1) is 11.3 Å². The van der Waals surface area contributed by atoms with E-state index >= 15 is 0 Å². The topological polar surface area (TPSA) is 87.7 Å². The Balaban J connectivity index is 1.42. The molecule has 4 rings (SSSR count). The highest BCUT2D eigenvalue weighted by Crippen LogP contribution is 2.29. The highest BCUT2D eigenvalue weighted by molar-refractivity contribution is 8.00. The summed E-state index contributed by atoms with van der Waals surface area (Å²) in [7, 11) is 0. The molecule has 1 aliphatic heterocycles. The fraction of sp³-hybridized carbons (Fsp3) is 0.222. The van der Waals surface area contributed by atoms with Crippen LogP contribution in [0.1, 0.15) is 18.2 Å². The number of nitrogens with zero attached hydrogens (tertiary/aromatic N) is 2. The number of fused-ring (bicyclic) bond motifs is 1. The molecule has 2 aromatic heterocycles. The van der Waals surface area contributed by atoms with Gasteiger partial charge in [0.05, 0.1) is 16.6 Å². The Labute approximate surface area is 168 Å². The third-order valence-corrected chi connectivity index (χ3v) is 6.74. The van der Waals surface area contributed by atoms with Crippen LogP contribution < -0.4 is 10.9 Å². The largest absolute Gasteiger partial charge is 0.301 e. The Kier molecular flexibility index (Phi) is 5.33. The molecule has 0 saturated heterocycles. The molecule has 0 aliphatic carbocycles. The van der Waals surface area contributed by atoms with Gasteiger partial charge >= 0.3 is 0 Å². The minimum Gasteiger partial charge on any atom is -0.301 e. The molecule has 0 saturated carbocycles. The molecule has 1 atom stereocenters. The number of carbonyl (C=O) groups excluding carboxylic acids is 1. The third-order valence-electron chi connectivity index (χ3n) is 4.03. The van der Waals surface area contributed by atoms with Crippen molar-refractivity contribution in [2.75, 3.05) is 5.32 Å². The molecule has 1 aromatic carbocycles. The van der Waals surface area contributed by atoms with E-state index < -0.39 is 5.25 Å². The maximum Gasteiger partial charge on any atom is 0.255 e. The smallest absolute Gasteiger partial charge is 0.255 e. The van der Waals surface area contributed by atoms with Crippen molar-refractivity contribution in [1.82, 2.24) is 15.0 Å². The van der Waals surface area contributed by atoms with Gasteiger partial charge in [0.2, 0.25) is 5.91 Å². The van der Waals surface area contributed by atoms with Crippen molar-refractivity contribution in [3.8, 4) is 11.3 Å². The first-order valence-electron chi connectivity index (χ1n) is 8.28. The Hall–Kier alpha value is -2.10. The summed E-state index contributed by atoms with van der Waals surface area (Å²) in [6.45, 7) is 1.79. The average molecular weight is 417 g/mol. The molecule has 9 heteroatoms. The zero-order valence-corrected chi connectivity index (χ0v) is 16.8. The Morgan fingerprint density at radius 1 is 1.26 bits per heavy atom. The van der Waals surface area contributed by atoms with Crippen LogP contribution in [0.5, 0.6) is 0 Å². The molecule has 1 aliphatic rings. The molecule has 3 aromatic rings. The molecule has 27 heavy (non-hydrogen) atoms. The van der Waals surface area contributed by atoms with E-state index in [1.54, 1.807) is 18.7 Å². The number of aromatic nitrogens is 3. The second-order valence-corrected chi connectivity index (χ2v) is 9.12. The van der Waals surface area contributed by atoms with E-state index in [0.717, 1.165) is 28.3 Å². The molecule has 2 N–H and O–H groups in total. The van der Waals surface area contributed by atoms with E-state index in [9.17, 15) is 9.59 Å². The molecule has 0 bridgehead atoms. The van der Waals surface area contributed by atoms with Crippen LogP contribution in [-0.4, -0.2) is 26.1 Å². The van der Waals surface area contributed by atoms with Gasteiger partial charge in [0, 0.05) is 28.0 Å². The highest BCUT2D eigenvalue weighted by atomic mass is 32.2. The molecule has 1 unspecified atom stereocenters. The predicted molar refractivity (Wildman–Crippen MR) is 111 cm³/mol. The second kappa shape index (κ2) is 7.87. The van der Waals surface area contributed by atoms with Crippen molar-refractivity contribution in [3.63, 3.8) is 0 Å². The molecule has 0 radical (unpaired) electrons. The lowest BCUT2D eigenvalue weighted by Gasteiger charge is -2.10. The summed E-state index contributed by atoms with van der Waals surface area (Å²) in [5, 5.41) is 5.38. The van der Waals surface area contributed by atoms with Crippen molar-refractivity contribution in [3.05, 3.63) is 57.3 Å². The fourth-order valence-electron chi connectivity index (χ4n) is 2.60. The van der Waals surface area contributed by atoms with Crippen LogP contribution in [0.15, 0.2) is 45.7 Å². The number of amides is 1. The second-order valence-electron chi connectivity index (χ2n) is 5.94. The van der Waals surface area contributed by atoms with Crippen LogP contribution in [0, 0.1) is 0 Å². The van der Waals surface area contributed by atoms with Crippen LogP contribution in [0.2, 0.25) is 0 Å². The number of benzene rings is 1. The van der Waals surface area contributed by atoms with Crippen molar-refractivity contribution in [2.24, 2.45) is 0 Å². The van der Waals surface area contributed by atoms with Crippen molar-refractivity contribution < 1.29 is 4.79 Å². The van der Waals surface area contributed by atoms with Gasteiger partial charge in [-0.3, -0.25) is 9.59 Å². The summed E-state index contributed by atoms with van der Waals surface area (Å²) in [6, 6.07) is 9.82. The summed E-state index contributed by atoms with van der Waals surface area (Å²) in [4.78, 5) is 36.3. The lowest BCUT2D eigenvalue weighted by atomic mass is 10.2. The first kappa shape index (κ1) is 18.3.